The Hall–Kier alpha value is -1.01. The normalized spacial score (nSPS) is 13.4. The molecule has 0 spiro atoms. The fraction of sp³-hybridized carbons (Fsp3) is 0.583. The molecule has 1 rings (SSSR count). The number of hydrogen-bond donors (Lipinski definition) is 1. The number of rotatable bonds is 6. The lowest BCUT2D eigenvalue weighted by Gasteiger charge is -2.18. The monoisotopic (exact) mass is 296 g/mol. The molecule has 0 aliphatic rings. The van der Waals surface area contributed by atoms with Gasteiger partial charge in [0.2, 0.25) is 0 Å². The molecule has 3 nitrogen and oxygen atoms in total. The zero-order chi connectivity index (χ0) is 14.5. The first kappa shape index (κ1) is 16.0. The fourth-order valence-corrected chi connectivity index (χ4v) is 1.90. The zero-order valence-corrected chi connectivity index (χ0v) is 11.5. The summed E-state index contributed by atoms with van der Waals surface area (Å²) in [6.07, 6.45) is -2.79. The van der Waals surface area contributed by atoms with E-state index in [1.807, 2.05) is 6.92 Å². The zero-order valence-electron chi connectivity index (χ0n) is 10.7. The van der Waals surface area contributed by atoms with Crippen LogP contribution in [0.5, 0.6) is 0 Å². The minimum Gasteiger partial charge on any atom is -0.383 e. The van der Waals surface area contributed by atoms with Gasteiger partial charge in [0.1, 0.15) is 11.0 Å². The maximum atomic E-state index is 12.6. The Morgan fingerprint density at radius 2 is 2.11 bits per heavy atom. The number of anilines is 1. The van der Waals surface area contributed by atoms with Gasteiger partial charge < -0.3 is 10.1 Å². The lowest BCUT2D eigenvalue weighted by Crippen LogP contribution is -2.25. The molecule has 1 aromatic heterocycles. The number of alkyl halides is 3. The van der Waals surface area contributed by atoms with Gasteiger partial charge in [-0.2, -0.15) is 13.2 Å². The topological polar surface area (TPSA) is 34.1 Å². The molecule has 0 bridgehead atoms. The van der Waals surface area contributed by atoms with Crippen molar-refractivity contribution in [3.05, 3.63) is 22.8 Å². The van der Waals surface area contributed by atoms with Crippen molar-refractivity contribution < 1.29 is 17.9 Å². The Kier molecular flexibility index (Phi) is 5.87. The molecule has 1 unspecified atom stereocenters. The van der Waals surface area contributed by atoms with Gasteiger partial charge in [0.25, 0.3) is 0 Å². The van der Waals surface area contributed by atoms with Crippen LogP contribution in [0, 0.1) is 0 Å². The number of pyridine rings is 1. The van der Waals surface area contributed by atoms with Crippen LogP contribution in [0.4, 0.5) is 19.0 Å². The highest BCUT2D eigenvalue weighted by atomic mass is 35.5. The number of aromatic nitrogens is 1. The molecule has 7 heteroatoms. The van der Waals surface area contributed by atoms with Crippen molar-refractivity contribution in [1.82, 2.24) is 4.98 Å². The molecule has 0 fully saturated rings. The van der Waals surface area contributed by atoms with Gasteiger partial charge in [-0.15, -0.1) is 0 Å². The molecular formula is C12H16ClF3N2O. The molecule has 108 valence electrons. The summed E-state index contributed by atoms with van der Waals surface area (Å²) in [5.74, 6) is 0.107. The van der Waals surface area contributed by atoms with E-state index in [0.29, 0.717) is 6.61 Å². The Bertz CT molecular complexity index is 406. The average molecular weight is 297 g/mol. The summed E-state index contributed by atoms with van der Waals surface area (Å²) in [5.41, 5.74) is -0.817. The molecule has 0 aromatic carbocycles. The van der Waals surface area contributed by atoms with Crippen LogP contribution < -0.4 is 5.32 Å². The molecule has 0 aliphatic carbocycles. The molecule has 0 radical (unpaired) electrons. The number of halogens is 4. The lowest BCUT2D eigenvalue weighted by atomic mass is 10.1. The summed E-state index contributed by atoms with van der Waals surface area (Å²) in [4.78, 5) is 3.85. The van der Waals surface area contributed by atoms with E-state index < -0.39 is 11.7 Å². The van der Waals surface area contributed by atoms with Crippen molar-refractivity contribution in [2.45, 2.75) is 32.0 Å². The first-order valence-corrected chi connectivity index (χ1v) is 6.25. The van der Waals surface area contributed by atoms with E-state index in [9.17, 15) is 13.2 Å². The van der Waals surface area contributed by atoms with Gasteiger partial charge in [-0.05, 0) is 18.6 Å². The molecule has 1 N–H and O–H groups in total. The fourth-order valence-electron chi connectivity index (χ4n) is 1.69. The summed E-state index contributed by atoms with van der Waals surface area (Å²) in [6, 6.07) is 1.66. The van der Waals surface area contributed by atoms with Crippen LogP contribution in [0.2, 0.25) is 5.15 Å². The van der Waals surface area contributed by atoms with E-state index in [1.165, 1.54) is 7.11 Å². The van der Waals surface area contributed by atoms with E-state index in [0.717, 1.165) is 25.0 Å². The highest BCUT2D eigenvalue weighted by Gasteiger charge is 2.31. The van der Waals surface area contributed by atoms with Crippen LogP contribution in [-0.2, 0) is 10.9 Å². The number of nitrogens with one attached hydrogen (secondary N) is 1. The van der Waals surface area contributed by atoms with Crippen molar-refractivity contribution in [2.75, 3.05) is 19.0 Å². The molecule has 0 saturated carbocycles. The largest absolute Gasteiger partial charge is 0.416 e. The van der Waals surface area contributed by atoms with Crippen LogP contribution in [-0.4, -0.2) is 24.7 Å². The third-order valence-corrected chi connectivity index (χ3v) is 2.67. The Morgan fingerprint density at radius 3 is 2.63 bits per heavy atom. The molecule has 0 saturated heterocycles. The number of ether oxygens (including phenoxy) is 1. The summed E-state index contributed by atoms with van der Waals surface area (Å²) < 4.78 is 42.9. The number of nitrogens with zero attached hydrogens (tertiary/aromatic N) is 1. The summed E-state index contributed by atoms with van der Waals surface area (Å²) >= 11 is 5.61. The SMILES string of the molecule is CCCC(COC)Nc1cc(C(F)(F)F)cc(Cl)n1. The van der Waals surface area contributed by atoms with Gasteiger partial charge in [-0.1, -0.05) is 24.9 Å². The molecule has 19 heavy (non-hydrogen) atoms. The van der Waals surface area contributed by atoms with Crippen molar-refractivity contribution in [2.24, 2.45) is 0 Å². The highest BCUT2D eigenvalue weighted by molar-refractivity contribution is 6.29. The van der Waals surface area contributed by atoms with Gasteiger partial charge in [0.15, 0.2) is 0 Å². The summed E-state index contributed by atoms with van der Waals surface area (Å²) in [6.45, 7) is 2.38. The predicted molar refractivity (Wildman–Crippen MR) is 68.4 cm³/mol. The maximum absolute atomic E-state index is 12.6. The van der Waals surface area contributed by atoms with Crippen LogP contribution in [0.3, 0.4) is 0 Å². The summed E-state index contributed by atoms with van der Waals surface area (Å²) in [5, 5.41) is 2.72. The Balaban J connectivity index is 2.90. The van der Waals surface area contributed by atoms with Gasteiger partial charge in [-0.25, -0.2) is 4.98 Å². The first-order chi connectivity index (χ1) is 8.86. The van der Waals surface area contributed by atoms with E-state index in [4.69, 9.17) is 16.3 Å². The average Bonchev–Trinajstić information content (AvgIpc) is 2.27. The van der Waals surface area contributed by atoms with Gasteiger partial charge >= 0.3 is 6.18 Å². The third kappa shape index (κ3) is 5.24. The van der Waals surface area contributed by atoms with Crippen LogP contribution >= 0.6 is 11.6 Å². The Labute approximate surface area is 115 Å². The number of hydrogen-bond acceptors (Lipinski definition) is 3. The molecule has 0 aliphatic heterocycles. The third-order valence-electron chi connectivity index (χ3n) is 2.48. The minimum atomic E-state index is -4.44. The van der Waals surface area contributed by atoms with Crippen molar-refractivity contribution in [3.8, 4) is 0 Å². The van der Waals surface area contributed by atoms with E-state index in [1.54, 1.807) is 0 Å². The second kappa shape index (κ2) is 6.96. The molecule has 0 amide bonds. The molecule has 1 aromatic rings. The predicted octanol–water partition coefficient (Wildman–Crippen LogP) is 3.98. The van der Waals surface area contributed by atoms with Gasteiger partial charge in [0, 0.05) is 7.11 Å². The van der Waals surface area contributed by atoms with Crippen molar-refractivity contribution in [1.29, 1.82) is 0 Å². The van der Waals surface area contributed by atoms with Gasteiger partial charge in [0.05, 0.1) is 18.2 Å². The molecular weight excluding hydrogens is 281 g/mol. The van der Waals surface area contributed by atoms with Crippen LogP contribution in [0.15, 0.2) is 12.1 Å². The first-order valence-electron chi connectivity index (χ1n) is 5.87. The number of methoxy groups -OCH3 is 1. The molecule has 1 heterocycles. The maximum Gasteiger partial charge on any atom is 0.416 e. The van der Waals surface area contributed by atoms with Crippen molar-refractivity contribution >= 4 is 17.4 Å². The van der Waals surface area contributed by atoms with Crippen LogP contribution in [0.25, 0.3) is 0 Å². The highest BCUT2D eigenvalue weighted by Crippen LogP contribution is 2.32. The van der Waals surface area contributed by atoms with E-state index in [2.05, 4.69) is 10.3 Å². The van der Waals surface area contributed by atoms with E-state index >= 15 is 0 Å². The summed E-state index contributed by atoms with van der Waals surface area (Å²) in [7, 11) is 1.54. The van der Waals surface area contributed by atoms with Crippen molar-refractivity contribution in [3.63, 3.8) is 0 Å². The smallest absolute Gasteiger partial charge is 0.383 e. The molecule has 1 atom stereocenters. The standard InChI is InChI=1S/C12H16ClF3N2O/c1-3-4-9(7-19-2)17-11-6-8(12(14,15)16)5-10(13)18-11/h5-6,9H,3-4,7H2,1-2H3,(H,17,18). The van der Waals surface area contributed by atoms with Gasteiger partial charge in [-0.3, -0.25) is 0 Å². The second-order valence-electron chi connectivity index (χ2n) is 4.15. The second-order valence-corrected chi connectivity index (χ2v) is 4.53. The quantitative estimate of drug-likeness (QED) is 0.806. The lowest BCUT2D eigenvalue weighted by molar-refractivity contribution is -0.137. The van der Waals surface area contributed by atoms with Crippen LogP contribution in [0.1, 0.15) is 25.3 Å². The minimum absolute atomic E-state index is 0.0953. The Morgan fingerprint density at radius 1 is 1.42 bits per heavy atom. The van der Waals surface area contributed by atoms with E-state index in [-0.39, 0.29) is 17.0 Å².